The topological polar surface area (TPSA) is 45.1 Å². The average Bonchev–Trinajstić information content (AvgIpc) is 2.85. The second-order valence-corrected chi connectivity index (χ2v) is 7.76. The normalized spacial score (nSPS) is 32.3. The van der Waals surface area contributed by atoms with Gasteiger partial charge in [-0.1, -0.05) is 52.9 Å². The van der Waals surface area contributed by atoms with E-state index in [-0.39, 0.29) is 29.8 Å². The molecule has 1 aromatic rings. The van der Waals surface area contributed by atoms with Gasteiger partial charge in [-0.3, -0.25) is 4.90 Å². The number of hydrogen-bond donors (Lipinski definition) is 1. The molecule has 1 aromatic carbocycles. The van der Waals surface area contributed by atoms with Crippen molar-refractivity contribution < 1.29 is 14.3 Å². The van der Waals surface area contributed by atoms with Crippen LogP contribution in [0, 0.1) is 11.7 Å². The molecule has 0 saturated carbocycles. The van der Waals surface area contributed by atoms with E-state index in [1.807, 2.05) is 16.2 Å². The van der Waals surface area contributed by atoms with Crippen molar-refractivity contribution >= 4 is 28.3 Å². The Labute approximate surface area is 168 Å². The van der Waals surface area contributed by atoms with Gasteiger partial charge in [0, 0.05) is 24.5 Å². The van der Waals surface area contributed by atoms with Crippen molar-refractivity contribution in [3.05, 3.63) is 45.8 Å². The van der Waals surface area contributed by atoms with Crippen LogP contribution in [-0.2, 0) is 4.84 Å². The van der Waals surface area contributed by atoms with E-state index >= 15 is 0 Å². The van der Waals surface area contributed by atoms with Crippen LogP contribution in [0.25, 0.3) is 0 Å². The van der Waals surface area contributed by atoms with Gasteiger partial charge in [0.05, 0.1) is 11.8 Å². The molecule has 0 aliphatic carbocycles. The van der Waals surface area contributed by atoms with Crippen molar-refractivity contribution in [1.29, 1.82) is 0 Å². The first-order valence-corrected chi connectivity index (χ1v) is 10.4. The van der Waals surface area contributed by atoms with Crippen LogP contribution in [0.15, 0.2) is 39.6 Å². The number of aliphatic hydroxyl groups is 1. The lowest BCUT2D eigenvalue weighted by Gasteiger charge is -2.45. The van der Waals surface area contributed by atoms with Crippen LogP contribution < -0.4 is 0 Å². The molecule has 0 amide bonds. The van der Waals surface area contributed by atoms with E-state index in [9.17, 15) is 9.50 Å². The van der Waals surface area contributed by atoms with E-state index in [0.717, 1.165) is 37.1 Å². The van der Waals surface area contributed by atoms with Gasteiger partial charge in [-0.25, -0.2) is 4.39 Å². The van der Waals surface area contributed by atoms with Crippen molar-refractivity contribution in [2.75, 3.05) is 13.7 Å². The second-order valence-electron chi connectivity index (χ2n) is 7.04. The molecule has 6 heteroatoms. The molecule has 2 aliphatic rings. The van der Waals surface area contributed by atoms with Crippen molar-refractivity contribution in [3.63, 3.8) is 0 Å². The first kappa shape index (κ1) is 19.8. The highest BCUT2D eigenvalue weighted by atomic mass is 127. The minimum atomic E-state index is -0.383. The Morgan fingerprint density at radius 2 is 2.12 bits per heavy atom. The van der Waals surface area contributed by atoms with Crippen LogP contribution in [0.5, 0.6) is 0 Å². The number of aliphatic hydroxyl groups excluding tert-OH is 1. The van der Waals surface area contributed by atoms with E-state index in [1.54, 1.807) is 7.11 Å². The fourth-order valence-electron chi connectivity index (χ4n) is 4.77. The van der Waals surface area contributed by atoms with Crippen LogP contribution in [0.3, 0.4) is 0 Å². The highest BCUT2D eigenvalue weighted by molar-refractivity contribution is 14.1. The lowest BCUT2D eigenvalue weighted by molar-refractivity contribution is 0.0593. The van der Waals surface area contributed by atoms with Crippen LogP contribution in [-0.4, -0.2) is 47.6 Å². The summed E-state index contributed by atoms with van der Waals surface area (Å²) in [5, 5.41) is 15.1. The van der Waals surface area contributed by atoms with E-state index in [2.05, 4.69) is 45.6 Å². The SMILES string of the molecule is CCC(=NOC)[C@@H]1C2[C@H](O)CC(C[C@@H]1c1ccc(F)cc1)N2CC=CI. The monoisotopic (exact) mass is 472 g/mol. The Morgan fingerprint density at radius 1 is 1.38 bits per heavy atom. The maximum Gasteiger partial charge on any atom is 0.123 e. The quantitative estimate of drug-likeness (QED) is 0.386. The molecule has 3 rings (SSSR count). The molecule has 0 aromatic heterocycles. The first-order valence-electron chi connectivity index (χ1n) is 9.15. The second kappa shape index (κ2) is 8.80. The molecular formula is C20H26FIN2O2. The molecule has 2 aliphatic heterocycles. The summed E-state index contributed by atoms with van der Waals surface area (Å²) in [5.41, 5.74) is 2.08. The Bertz CT molecular complexity index is 664. The summed E-state index contributed by atoms with van der Waals surface area (Å²) in [6.07, 6.45) is 4.22. The molecule has 26 heavy (non-hydrogen) atoms. The van der Waals surface area contributed by atoms with Gasteiger partial charge in [-0.05, 0) is 47.0 Å². The third kappa shape index (κ3) is 3.82. The molecule has 2 saturated heterocycles. The summed E-state index contributed by atoms with van der Waals surface area (Å²) in [4.78, 5) is 7.53. The highest BCUT2D eigenvalue weighted by Crippen LogP contribution is 2.48. The van der Waals surface area contributed by atoms with Gasteiger partial charge in [0.15, 0.2) is 0 Å². The van der Waals surface area contributed by atoms with Crippen LogP contribution in [0.2, 0.25) is 0 Å². The number of fused-ring (bicyclic) bond motifs is 2. The molecule has 2 heterocycles. The number of hydrogen-bond acceptors (Lipinski definition) is 4. The van der Waals surface area contributed by atoms with Crippen molar-refractivity contribution in [1.82, 2.24) is 4.90 Å². The van der Waals surface area contributed by atoms with Crippen LogP contribution in [0.4, 0.5) is 4.39 Å². The fraction of sp³-hybridized carbons (Fsp3) is 0.550. The molecule has 2 fully saturated rings. The average molecular weight is 472 g/mol. The molecule has 2 unspecified atom stereocenters. The Morgan fingerprint density at radius 3 is 2.73 bits per heavy atom. The fourth-order valence-corrected chi connectivity index (χ4v) is 4.99. The summed E-state index contributed by atoms with van der Waals surface area (Å²) >= 11 is 2.23. The minimum Gasteiger partial charge on any atom is -0.399 e. The summed E-state index contributed by atoms with van der Waals surface area (Å²) < 4.78 is 15.4. The third-order valence-electron chi connectivity index (χ3n) is 5.75. The van der Waals surface area contributed by atoms with Crippen molar-refractivity contribution in [2.24, 2.45) is 11.1 Å². The number of nitrogens with zero attached hydrogens (tertiary/aromatic N) is 2. The number of rotatable bonds is 6. The minimum absolute atomic E-state index is 0.00486. The maximum absolute atomic E-state index is 13.4. The summed E-state index contributed by atoms with van der Waals surface area (Å²) in [6.45, 7) is 2.90. The molecule has 0 spiro atoms. The summed E-state index contributed by atoms with van der Waals surface area (Å²) in [5.74, 6) is 0.0393. The zero-order valence-corrected chi connectivity index (χ0v) is 17.3. The van der Waals surface area contributed by atoms with Crippen molar-refractivity contribution in [3.8, 4) is 0 Å². The van der Waals surface area contributed by atoms with E-state index in [0.29, 0.717) is 6.04 Å². The van der Waals surface area contributed by atoms with Gasteiger partial charge < -0.3 is 9.94 Å². The zero-order valence-electron chi connectivity index (χ0n) is 15.2. The largest absolute Gasteiger partial charge is 0.399 e. The molecule has 5 atom stereocenters. The number of oxime groups is 1. The first-order chi connectivity index (χ1) is 12.6. The Balaban J connectivity index is 2.02. The zero-order chi connectivity index (χ0) is 18.7. The third-order valence-corrected chi connectivity index (χ3v) is 6.25. The molecule has 0 radical (unpaired) electrons. The molecule has 4 nitrogen and oxygen atoms in total. The van der Waals surface area contributed by atoms with E-state index in [1.165, 1.54) is 12.1 Å². The molecule has 2 bridgehead atoms. The lowest BCUT2D eigenvalue weighted by atomic mass is 9.72. The van der Waals surface area contributed by atoms with Gasteiger partial charge in [-0.2, -0.15) is 0 Å². The van der Waals surface area contributed by atoms with E-state index < -0.39 is 0 Å². The Kier molecular flexibility index (Phi) is 6.69. The number of piperidine rings is 1. The van der Waals surface area contributed by atoms with Crippen LogP contribution >= 0.6 is 22.6 Å². The van der Waals surface area contributed by atoms with Crippen molar-refractivity contribution in [2.45, 2.75) is 50.3 Å². The summed E-state index contributed by atoms with van der Waals surface area (Å²) in [6, 6.07) is 7.13. The number of halogens is 2. The smallest absolute Gasteiger partial charge is 0.123 e. The Hall–Kier alpha value is -0.990. The standard InChI is InChI=1S/C20H26FIN2O2/c1-3-17(23-26-2)19-16(13-5-7-14(21)8-6-13)11-15-12-18(25)20(19)24(15)10-4-9-22/h4-9,15-16,18-20,25H,3,10-12H2,1-2H3/t15?,16-,18-,19-,20?/m1/s1. The van der Waals surface area contributed by atoms with E-state index in [4.69, 9.17) is 4.84 Å². The predicted octanol–water partition coefficient (Wildman–Crippen LogP) is 4.09. The predicted molar refractivity (Wildman–Crippen MR) is 110 cm³/mol. The lowest BCUT2D eigenvalue weighted by Crippen LogP contribution is -2.53. The number of benzene rings is 1. The maximum atomic E-state index is 13.4. The molecule has 1 N–H and O–H groups in total. The highest BCUT2D eigenvalue weighted by Gasteiger charge is 2.53. The van der Waals surface area contributed by atoms with Gasteiger partial charge in [0.2, 0.25) is 0 Å². The molecular weight excluding hydrogens is 446 g/mol. The van der Waals surface area contributed by atoms with Crippen LogP contribution in [0.1, 0.15) is 37.7 Å². The van der Waals surface area contributed by atoms with Gasteiger partial charge in [0.25, 0.3) is 0 Å². The molecule has 142 valence electrons. The van der Waals surface area contributed by atoms with Gasteiger partial charge in [-0.15, -0.1) is 0 Å². The van der Waals surface area contributed by atoms with Gasteiger partial charge >= 0.3 is 0 Å². The van der Waals surface area contributed by atoms with Gasteiger partial charge in [0.1, 0.15) is 12.9 Å². The summed E-state index contributed by atoms with van der Waals surface area (Å²) in [7, 11) is 1.57.